The molecule has 2 nitrogen and oxygen atoms in total. The number of halogens is 1. The fraction of sp³-hybridized carbons (Fsp3) is 0.727. The number of carbonyl (C=O) groups excluding carboxylic acids is 1. The van der Waals surface area contributed by atoms with Crippen molar-refractivity contribution in [1.82, 2.24) is 0 Å². The first-order chi connectivity index (χ1) is 6.72. The summed E-state index contributed by atoms with van der Waals surface area (Å²) in [5, 5.41) is 0. The van der Waals surface area contributed by atoms with Gasteiger partial charge in [0, 0.05) is 0 Å². The molecule has 0 amide bonds. The average Bonchev–Trinajstić information content (AvgIpc) is 2.23. The van der Waals surface area contributed by atoms with Gasteiger partial charge in [-0.1, -0.05) is 13.3 Å². The van der Waals surface area contributed by atoms with Gasteiger partial charge in [-0.05, 0) is 41.1 Å². The summed E-state index contributed by atoms with van der Waals surface area (Å²) in [5.41, 5.74) is 0. The molecule has 1 fully saturated rings. The topological polar surface area (TPSA) is 26.3 Å². The SMILES string of the molecule is CCC1CCC2OC=C(Br)C(=O)C2C1. The van der Waals surface area contributed by atoms with Crippen molar-refractivity contribution in [3.05, 3.63) is 10.7 Å². The van der Waals surface area contributed by atoms with E-state index in [1.54, 1.807) is 6.26 Å². The zero-order valence-corrected chi connectivity index (χ0v) is 9.92. The molecule has 2 rings (SSSR count). The molecule has 3 heteroatoms. The predicted molar refractivity (Wildman–Crippen MR) is 58.0 cm³/mol. The van der Waals surface area contributed by atoms with Gasteiger partial charge in [0.1, 0.15) is 12.4 Å². The Kier molecular flexibility index (Phi) is 2.96. The Bertz CT molecular complexity index is 272. The van der Waals surface area contributed by atoms with Crippen LogP contribution < -0.4 is 0 Å². The van der Waals surface area contributed by atoms with Crippen LogP contribution >= 0.6 is 15.9 Å². The molecule has 78 valence electrons. The summed E-state index contributed by atoms with van der Waals surface area (Å²) in [6.07, 6.45) is 6.13. The van der Waals surface area contributed by atoms with E-state index in [9.17, 15) is 4.79 Å². The van der Waals surface area contributed by atoms with E-state index in [2.05, 4.69) is 22.9 Å². The summed E-state index contributed by atoms with van der Waals surface area (Å²) in [6.45, 7) is 2.20. The Morgan fingerprint density at radius 2 is 2.36 bits per heavy atom. The molecule has 3 atom stereocenters. The number of Topliss-reactive ketones (excluding diaryl/α,β-unsaturated/α-hetero) is 1. The first-order valence-electron chi connectivity index (χ1n) is 5.27. The van der Waals surface area contributed by atoms with Crippen LogP contribution in [-0.4, -0.2) is 11.9 Å². The third-order valence-corrected chi connectivity index (χ3v) is 3.97. The highest BCUT2D eigenvalue weighted by atomic mass is 79.9. The molecule has 0 radical (unpaired) electrons. The van der Waals surface area contributed by atoms with Crippen LogP contribution in [0.1, 0.15) is 32.6 Å². The molecule has 1 heterocycles. The molecule has 0 saturated heterocycles. The number of hydrogen-bond donors (Lipinski definition) is 0. The number of ketones is 1. The van der Waals surface area contributed by atoms with Gasteiger partial charge in [-0.15, -0.1) is 0 Å². The number of hydrogen-bond acceptors (Lipinski definition) is 2. The summed E-state index contributed by atoms with van der Waals surface area (Å²) in [4.78, 5) is 11.8. The van der Waals surface area contributed by atoms with Gasteiger partial charge in [0.2, 0.25) is 0 Å². The Balaban J connectivity index is 2.12. The number of allylic oxidation sites excluding steroid dienone is 1. The Hall–Kier alpha value is -0.310. The van der Waals surface area contributed by atoms with Crippen LogP contribution in [0.15, 0.2) is 10.7 Å². The minimum absolute atomic E-state index is 0.105. The van der Waals surface area contributed by atoms with Crippen molar-refractivity contribution in [2.45, 2.75) is 38.7 Å². The second-order valence-electron chi connectivity index (χ2n) is 4.20. The van der Waals surface area contributed by atoms with Crippen molar-refractivity contribution in [2.24, 2.45) is 11.8 Å². The molecule has 0 aromatic heterocycles. The molecule has 1 aliphatic heterocycles. The minimum atomic E-state index is 0.105. The van der Waals surface area contributed by atoms with E-state index >= 15 is 0 Å². The number of fused-ring (bicyclic) bond motifs is 1. The van der Waals surface area contributed by atoms with Crippen molar-refractivity contribution >= 4 is 21.7 Å². The zero-order valence-electron chi connectivity index (χ0n) is 8.33. The molecule has 1 aliphatic carbocycles. The van der Waals surface area contributed by atoms with Crippen molar-refractivity contribution in [3.63, 3.8) is 0 Å². The summed E-state index contributed by atoms with van der Waals surface area (Å²) >= 11 is 3.24. The van der Waals surface area contributed by atoms with E-state index in [1.165, 1.54) is 12.8 Å². The van der Waals surface area contributed by atoms with Gasteiger partial charge in [0.25, 0.3) is 0 Å². The number of carbonyl (C=O) groups is 1. The van der Waals surface area contributed by atoms with Crippen molar-refractivity contribution < 1.29 is 9.53 Å². The molecule has 1 saturated carbocycles. The Morgan fingerprint density at radius 1 is 1.57 bits per heavy atom. The highest BCUT2D eigenvalue weighted by Gasteiger charge is 2.38. The molecule has 0 bridgehead atoms. The monoisotopic (exact) mass is 258 g/mol. The molecular formula is C11H15BrO2. The highest BCUT2D eigenvalue weighted by molar-refractivity contribution is 9.12. The van der Waals surface area contributed by atoms with Gasteiger partial charge in [-0.3, -0.25) is 4.79 Å². The Morgan fingerprint density at radius 3 is 3.07 bits per heavy atom. The van der Waals surface area contributed by atoms with Gasteiger partial charge in [-0.25, -0.2) is 0 Å². The van der Waals surface area contributed by atoms with E-state index in [0.717, 1.165) is 12.8 Å². The van der Waals surface area contributed by atoms with Crippen LogP contribution in [0.25, 0.3) is 0 Å². The summed E-state index contributed by atoms with van der Waals surface area (Å²) in [5.74, 6) is 1.05. The van der Waals surface area contributed by atoms with Crippen LogP contribution in [0.3, 0.4) is 0 Å². The second-order valence-corrected chi connectivity index (χ2v) is 5.05. The first kappa shape index (κ1) is 10.2. The maximum atomic E-state index is 11.8. The van der Waals surface area contributed by atoms with Gasteiger partial charge in [0.05, 0.1) is 10.4 Å². The molecular weight excluding hydrogens is 244 g/mol. The van der Waals surface area contributed by atoms with E-state index in [-0.39, 0.29) is 17.8 Å². The number of ether oxygens (including phenoxy) is 1. The summed E-state index contributed by atoms with van der Waals surface area (Å²) < 4.78 is 6.13. The van der Waals surface area contributed by atoms with Crippen LogP contribution in [0, 0.1) is 11.8 Å². The van der Waals surface area contributed by atoms with E-state index in [0.29, 0.717) is 10.4 Å². The fourth-order valence-corrected chi connectivity index (χ4v) is 2.82. The van der Waals surface area contributed by atoms with Gasteiger partial charge in [0.15, 0.2) is 5.78 Å². The quantitative estimate of drug-likeness (QED) is 0.723. The Labute approximate surface area is 92.8 Å². The van der Waals surface area contributed by atoms with Crippen LogP contribution in [-0.2, 0) is 9.53 Å². The lowest BCUT2D eigenvalue weighted by molar-refractivity contribution is -0.127. The molecule has 0 aromatic rings. The molecule has 2 aliphatic rings. The van der Waals surface area contributed by atoms with Gasteiger partial charge < -0.3 is 4.74 Å². The zero-order chi connectivity index (χ0) is 10.1. The van der Waals surface area contributed by atoms with E-state index in [4.69, 9.17) is 4.74 Å². The van der Waals surface area contributed by atoms with E-state index in [1.807, 2.05) is 0 Å². The van der Waals surface area contributed by atoms with Crippen LogP contribution in [0.5, 0.6) is 0 Å². The lowest BCUT2D eigenvalue weighted by Crippen LogP contribution is -2.38. The lowest BCUT2D eigenvalue weighted by Gasteiger charge is -2.36. The largest absolute Gasteiger partial charge is 0.496 e. The maximum Gasteiger partial charge on any atom is 0.179 e. The highest BCUT2D eigenvalue weighted by Crippen LogP contribution is 2.38. The summed E-state index contributed by atoms with van der Waals surface area (Å²) in [6, 6.07) is 0. The molecule has 14 heavy (non-hydrogen) atoms. The standard InChI is InChI=1S/C11H15BrO2/c1-2-7-3-4-10-8(5-7)11(13)9(12)6-14-10/h6-8,10H,2-5H2,1H3. The minimum Gasteiger partial charge on any atom is -0.496 e. The smallest absolute Gasteiger partial charge is 0.179 e. The second kappa shape index (κ2) is 4.05. The third-order valence-electron chi connectivity index (χ3n) is 3.39. The fourth-order valence-electron chi connectivity index (χ4n) is 2.42. The van der Waals surface area contributed by atoms with Crippen molar-refractivity contribution in [3.8, 4) is 0 Å². The maximum absolute atomic E-state index is 11.8. The average molecular weight is 259 g/mol. The summed E-state index contributed by atoms with van der Waals surface area (Å²) in [7, 11) is 0. The lowest BCUT2D eigenvalue weighted by atomic mass is 9.76. The molecule has 0 N–H and O–H groups in total. The number of rotatable bonds is 1. The first-order valence-corrected chi connectivity index (χ1v) is 6.07. The normalized spacial score (nSPS) is 37.1. The predicted octanol–water partition coefficient (Wildman–Crippen LogP) is 3.02. The van der Waals surface area contributed by atoms with Crippen LogP contribution in [0.2, 0.25) is 0 Å². The molecule has 3 unspecified atom stereocenters. The third kappa shape index (κ3) is 1.74. The van der Waals surface area contributed by atoms with Gasteiger partial charge >= 0.3 is 0 Å². The molecule has 0 aromatic carbocycles. The van der Waals surface area contributed by atoms with Gasteiger partial charge in [-0.2, -0.15) is 0 Å². The molecule has 0 spiro atoms. The van der Waals surface area contributed by atoms with E-state index < -0.39 is 0 Å². The van der Waals surface area contributed by atoms with Crippen molar-refractivity contribution in [2.75, 3.05) is 0 Å². The van der Waals surface area contributed by atoms with Crippen LogP contribution in [0.4, 0.5) is 0 Å². The van der Waals surface area contributed by atoms with Crippen molar-refractivity contribution in [1.29, 1.82) is 0 Å².